The zero-order chi connectivity index (χ0) is 10.8. The molecule has 15 heavy (non-hydrogen) atoms. The van der Waals surface area contributed by atoms with E-state index in [9.17, 15) is 0 Å². The minimum atomic E-state index is 0.462. The fourth-order valence-electron chi connectivity index (χ4n) is 1.03. The Kier molecular flexibility index (Phi) is 3.53. The lowest BCUT2D eigenvalue weighted by Gasteiger charge is -2.02. The Bertz CT molecular complexity index is 506. The molecule has 2 rings (SSSR count). The second kappa shape index (κ2) is 4.71. The van der Waals surface area contributed by atoms with Gasteiger partial charge in [0.1, 0.15) is 5.15 Å². The van der Waals surface area contributed by atoms with E-state index in [1.54, 1.807) is 18.6 Å². The molecule has 0 aliphatic rings. The maximum absolute atomic E-state index is 5.93. The van der Waals surface area contributed by atoms with Crippen molar-refractivity contribution in [1.29, 1.82) is 0 Å². The molecule has 0 saturated carbocycles. The summed E-state index contributed by atoms with van der Waals surface area (Å²) in [5.74, 6) is 0.592. The van der Waals surface area contributed by atoms with Crippen LogP contribution in [-0.2, 0) is 0 Å². The van der Waals surface area contributed by atoms with Crippen LogP contribution >= 0.6 is 50.1 Å². The van der Waals surface area contributed by atoms with Crippen LogP contribution in [-0.4, -0.2) is 15.0 Å². The summed E-state index contributed by atoms with van der Waals surface area (Å²) in [6, 6.07) is 1.84. The fraction of sp³-hybridized carbons (Fsp3) is 0. The molecule has 0 spiro atoms. The Balaban J connectivity index is 2.55. The molecule has 0 N–H and O–H groups in total. The molecule has 2 aromatic rings. The third-order valence-corrected chi connectivity index (χ3v) is 3.74. The number of halogens is 3. The number of hydrogen-bond acceptors (Lipinski definition) is 3. The maximum atomic E-state index is 5.93. The molecule has 0 atom stereocenters. The second-order valence-electron chi connectivity index (χ2n) is 2.69. The van der Waals surface area contributed by atoms with E-state index in [4.69, 9.17) is 11.6 Å². The van der Waals surface area contributed by atoms with E-state index in [-0.39, 0.29) is 0 Å². The summed E-state index contributed by atoms with van der Waals surface area (Å²) in [5.41, 5.74) is 0.878. The summed E-state index contributed by atoms with van der Waals surface area (Å²) >= 11 is 11.4. The van der Waals surface area contributed by atoms with Crippen LogP contribution in [0.3, 0.4) is 0 Å². The Hall–Kier alpha value is -0.270. The van der Waals surface area contributed by atoms with E-state index in [2.05, 4.69) is 53.5 Å². The summed E-state index contributed by atoms with van der Waals surface area (Å²) in [5, 5.41) is 0.462. The van der Waals surface area contributed by atoms with Gasteiger partial charge >= 0.3 is 0 Å². The molecule has 2 aromatic heterocycles. The molecule has 0 aliphatic carbocycles. The first-order valence-corrected chi connectivity index (χ1v) is 6.21. The molecular formula is C9H4BrClIN3. The minimum absolute atomic E-state index is 0.462. The van der Waals surface area contributed by atoms with Gasteiger partial charge in [-0.3, -0.25) is 4.98 Å². The lowest BCUT2D eigenvalue weighted by atomic mass is 10.2. The predicted octanol–water partition coefficient (Wildman–Crippen LogP) is 3.56. The van der Waals surface area contributed by atoms with Gasteiger partial charge in [0.25, 0.3) is 0 Å². The second-order valence-corrected chi connectivity index (χ2v) is 5.06. The molecule has 0 saturated heterocycles. The zero-order valence-corrected chi connectivity index (χ0v) is 11.8. The van der Waals surface area contributed by atoms with Crippen molar-refractivity contribution in [3.8, 4) is 11.4 Å². The number of aromatic nitrogens is 3. The molecule has 0 aliphatic heterocycles. The van der Waals surface area contributed by atoms with Gasteiger partial charge in [0.2, 0.25) is 0 Å². The molecule has 0 radical (unpaired) electrons. The van der Waals surface area contributed by atoms with Crippen molar-refractivity contribution in [1.82, 2.24) is 15.0 Å². The lowest BCUT2D eigenvalue weighted by molar-refractivity contribution is 1.15. The van der Waals surface area contributed by atoms with Crippen molar-refractivity contribution in [2.24, 2.45) is 0 Å². The molecule has 0 aromatic carbocycles. The van der Waals surface area contributed by atoms with Crippen molar-refractivity contribution >= 4 is 50.1 Å². The monoisotopic (exact) mass is 395 g/mol. The van der Waals surface area contributed by atoms with E-state index in [0.717, 1.165) is 13.6 Å². The highest BCUT2D eigenvalue weighted by Gasteiger charge is 2.07. The third kappa shape index (κ3) is 2.46. The normalized spacial score (nSPS) is 10.3. The molecular weight excluding hydrogens is 392 g/mol. The summed E-state index contributed by atoms with van der Waals surface area (Å²) in [6.45, 7) is 0. The van der Waals surface area contributed by atoms with Crippen molar-refractivity contribution in [3.63, 3.8) is 0 Å². The van der Waals surface area contributed by atoms with Crippen LogP contribution < -0.4 is 0 Å². The summed E-state index contributed by atoms with van der Waals surface area (Å²) in [6.07, 6.45) is 5.08. The van der Waals surface area contributed by atoms with E-state index in [0.29, 0.717) is 11.0 Å². The molecule has 0 bridgehead atoms. The first-order valence-electron chi connectivity index (χ1n) is 3.96. The van der Waals surface area contributed by atoms with Crippen LogP contribution in [0.5, 0.6) is 0 Å². The van der Waals surface area contributed by atoms with E-state index < -0.39 is 0 Å². The van der Waals surface area contributed by atoms with Gasteiger partial charge < -0.3 is 0 Å². The zero-order valence-electron chi connectivity index (χ0n) is 7.28. The van der Waals surface area contributed by atoms with Gasteiger partial charge in [-0.25, -0.2) is 9.97 Å². The summed E-state index contributed by atoms with van der Waals surface area (Å²) in [7, 11) is 0. The van der Waals surface area contributed by atoms with Crippen molar-refractivity contribution in [2.75, 3.05) is 0 Å². The van der Waals surface area contributed by atoms with Crippen LogP contribution in [0, 0.1) is 3.57 Å². The molecule has 0 fully saturated rings. The molecule has 76 valence electrons. The van der Waals surface area contributed by atoms with Crippen LogP contribution in [0.15, 0.2) is 29.1 Å². The van der Waals surface area contributed by atoms with Crippen LogP contribution in [0.2, 0.25) is 5.15 Å². The van der Waals surface area contributed by atoms with Crippen molar-refractivity contribution in [2.45, 2.75) is 0 Å². The predicted molar refractivity (Wildman–Crippen MR) is 70.7 cm³/mol. The summed E-state index contributed by atoms with van der Waals surface area (Å²) < 4.78 is 1.69. The topological polar surface area (TPSA) is 38.7 Å². The molecule has 3 nitrogen and oxygen atoms in total. The Morgan fingerprint density at radius 2 is 2.13 bits per heavy atom. The number of rotatable bonds is 1. The van der Waals surface area contributed by atoms with Gasteiger partial charge in [0.15, 0.2) is 5.82 Å². The van der Waals surface area contributed by atoms with Crippen molar-refractivity contribution in [3.05, 3.63) is 37.9 Å². The van der Waals surface area contributed by atoms with E-state index >= 15 is 0 Å². The lowest BCUT2D eigenvalue weighted by Crippen LogP contribution is -1.92. The Morgan fingerprint density at radius 3 is 2.80 bits per heavy atom. The number of hydrogen-bond donors (Lipinski definition) is 0. The first-order chi connectivity index (χ1) is 7.18. The maximum Gasteiger partial charge on any atom is 0.162 e. The van der Waals surface area contributed by atoms with Gasteiger partial charge in [0, 0.05) is 28.6 Å². The van der Waals surface area contributed by atoms with Gasteiger partial charge in [-0.1, -0.05) is 11.6 Å². The third-order valence-electron chi connectivity index (χ3n) is 1.71. The SMILES string of the molecule is Clc1nc(-c2ccncc2Br)ncc1I. The highest BCUT2D eigenvalue weighted by molar-refractivity contribution is 14.1. The smallest absolute Gasteiger partial charge is 0.162 e. The first kappa shape index (κ1) is 11.2. The molecule has 2 heterocycles. The Morgan fingerprint density at radius 1 is 1.33 bits per heavy atom. The van der Waals surface area contributed by atoms with Crippen LogP contribution in [0.25, 0.3) is 11.4 Å². The highest BCUT2D eigenvalue weighted by atomic mass is 127. The van der Waals surface area contributed by atoms with E-state index in [1.807, 2.05) is 6.07 Å². The van der Waals surface area contributed by atoms with Crippen LogP contribution in [0.4, 0.5) is 0 Å². The standard InChI is InChI=1S/C9H4BrClIN3/c10-6-3-13-2-1-5(6)9-14-4-7(12)8(11)15-9/h1-4H. The van der Waals surface area contributed by atoms with Gasteiger partial charge in [0.05, 0.1) is 3.57 Å². The summed E-state index contributed by atoms with van der Waals surface area (Å²) in [4.78, 5) is 12.4. The largest absolute Gasteiger partial charge is 0.264 e. The van der Waals surface area contributed by atoms with Gasteiger partial charge in [-0.05, 0) is 44.6 Å². The number of nitrogens with zero attached hydrogens (tertiary/aromatic N) is 3. The Labute approximate surface area is 114 Å². The number of pyridine rings is 1. The molecule has 6 heteroatoms. The minimum Gasteiger partial charge on any atom is -0.264 e. The van der Waals surface area contributed by atoms with Crippen LogP contribution in [0.1, 0.15) is 0 Å². The quantitative estimate of drug-likeness (QED) is 0.547. The fourth-order valence-corrected chi connectivity index (χ4v) is 1.85. The van der Waals surface area contributed by atoms with Gasteiger partial charge in [-0.2, -0.15) is 0 Å². The van der Waals surface area contributed by atoms with E-state index in [1.165, 1.54) is 0 Å². The average Bonchev–Trinajstić information content (AvgIpc) is 2.23. The molecule has 0 unspecified atom stereocenters. The van der Waals surface area contributed by atoms with Gasteiger partial charge in [-0.15, -0.1) is 0 Å². The van der Waals surface area contributed by atoms with Crippen molar-refractivity contribution < 1.29 is 0 Å². The molecule has 0 amide bonds. The highest BCUT2D eigenvalue weighted by Crippen LogP contribution is 2.25. The average molecular weight is 396 g/mol.